The van der Waals surface area contributed by atoms with E-state index in [1.54, 1.807) is 11.1 Å². The number of thiophene rings is 1. The molecule has 0 saturated heterocycles. The van der Waals surface area contributed by atoms with Crippen LogP contribution < -0.4 is 0 Å². The number of fused-ring (bicyclic) bond motifs is 5. The molecule has 0 bridgehead atoms. The van der Waals surface area contributed by atoms with Crippen LogP contribution in [0.25, 0.3) is 32.0 Å². The number of hydrogen-bond donors (Lipinski definition) is 0. The standard InChI is InChI=1S/C22H18S/c1-4-9-18-15(6-1)11-12-19-17-8-3-2-7-16(17)14-20(22(18)19)21-10-5-13-23-21/h2-3,5,7-8,10-14H,1,4,6,9H2. The van der Waals surface area contributed by atoms with Crippen molar-refractivity contribution in [2.45, 2.75) is 25.7 Å². The fraction of sp³-hybridized carbons (Fsp3) is 0.182. The van der Waals surface area contributed by atoms with Crippen LogP contribution in [0.5, 0.6) is 0 Å². The van der Waals surface area contributed by atoms with Gasteiger partial charge in [-0.3, -0.25) is 0 Å². The van der Waals surface area contributed by atoms with Crippen LogP contribution in [0.15, 0.2) is 60.0 Å². The SMILES string of the molecule is c1csc(-c2cc3ccccc3c3ccc4c(c23)CCCC4)c1. The molecule has 1 aliphatic rings. The Bertz CT molecular complexity index is 1010. The van der Waals surface area contributed by atoms with Gasteiger partial charge in [0.15, 0.2) is 0 Å². The molecule has 0 fully saturated rings. The summed E-state index contributed by atoms with van der Waals surface area (Å²) in [5.74, 6) is 0. The monoisotopic (exact) mass is 314 g/mol. The van der Waals surface area contributed by atoms with Gasteiger partial charge >= 0.3 is 0 Å². The van der Waals surface area contributed by atoms with Crippen molar-refractivity contribution in [1.82, 2.24) is 0 Å². The van der Waals surface area contributed by atoms with Crippen LogP contribution in [0.1, 0.15) is 24.0 Å². The maximum Gasteiger partial charge on any atom is 0.0349 e. The smallest absolute Gasteiger partial charge is 0.0349 e. The summed E-state index contributed by atoms with van der Waals surface area (Å²) in [6.07, 6.45) is 5.12. The molecule has 1 aromatic heterocycles. The topological polar surface area (TPSA) is 0 Å². The quantitative estimate of drug-likeness (QED) is 0.347. The maximum atomic E-state index is 2.40. The molecule has 5 rings (SSSR count). The Morgan fingerprint density at radius 1 is 0.783 bits per heavy atom. The van der Waals surface area contributed by atoms with Gasteiger partial charge in [0.25, 0.3) is 0 Å². The highest BCUT2D eigenvalue weighted by Gasteiger charge is 2.17. The van der Waals surface area contributed by atoms with Gasteiger partial charge in [-0.15, -0.1) is 11.3 Å². The van der Waals surface area contributed by atoms with E-state index in [-0.39, 0.29) is 0 Å². The van der Waals surface area contributed by atoms with Crippen LogP contribution in [0.2, 0.25) is 0 Å². The van der Waals surface area contributed by atoms with Gasteiger partial charge in [0.1, 0.15) is 0 Å². The average molecular weight is 314 g/mol. The summed E-state index contributed by atoms with van der Waals surface area (Å²) in [7, 11) is 0. The van der Waals surface area contributed by atoms with E-state index in [1.165, 1.54) is 57.7 Å². The van der Waals surface area contributed by atoms with Crippen molar-refractivity contribution in [3.05, 3.63) is 71.1 Å². The van der Waals surface area contributed by atoms with Gasteiger partial charge in [0.2, 0.25) is 0 Å². The fourth-order valence-corrected chi connectivity index (χ4v) is 4.83. The van der Waals surface area contributed by atoms with E-state index in [0.717, 1.165) is 0 Å². The minimum Gasteiger partial charge on any atom is -0.144 e. The van der Waals surface area contributed by atoms with Crippen molar-refractivity contribution in [3.63, 3.8) is 0 Å². The van der Waals surface area contributed by atoms with Crippen LogP contribution in [-0.4, -0.2) is 0 Å². The lowest BCUT2D eigenvalue weighted by molar-refractivity contribution is 0.690. The molecule has 0 saturated carbocycles. The molecule has 1 aliphatic carbocycles. The highest BCUT2D eigenvalue weighted by molar-refractivity contribution is 7.13. The summed E-state index contributed by atoms with van der Waals surface area (Å²) in [5, 5.41) is 7.84. The van der Waals surface area contributed by atoms with Gasteiger partial charge in [-0.1, -0.05) is 42.5 Å². The van der Waals surface area contributed by atoms with Crippen LogP contribution >= 0.6 is 11.3 Å². The first-order chi connectivity index (χ1) is 11.4. The van der Waals surface area contributed by atoms with Gasteiger partial charge in [-0.05, 0) is 75.9 Å². The van der Waals surface area contributed by atoms with E-state index in [2.05, 4.69) is 60.0 Å². The number of hydrogen-bond acceptors (Lipinski definition) is 1. The van der Waals surface area contributed by atoms with E-state index in [9.17, 15) is 0 Å². The van der Waals surface area contributed by atoms with Gasteiger partial charge < -0.3 is 0 Å². The molecule has 0 radical (unpaired) electrons. The lowest BCUT2D eigenvalue weighted by Gasteiger charge is -2.21. The largest absolute Gasteiger partial charge is 0.144 e. The molecule has 1 heteroatoms. The molecule has 0 unspecified atom stereocenters. The third-order valence-electron chi connectivity index (χ3n) is 5.14. The van der Waals surface area contributed by atoms with Crippen molar-refractivity contribution in [3.8, 4) is 10.4 Å². The lowest BCUT2D eigenvalue weighted by Crippen LogP contribution is -2.04. The first-order valence-electron chi connectivity index (χ1n) is 8.42. The molecular formula is C22H18S. The summed E-state index contributed by atoms with van der Waals surface area (Å²) in [6.45, 7) is 0. The molecule has 0 amide bonds. The molecule has 23 heavy (non-hydrogen) atoms. The van der Waals surface area contributed by atoms with Crippen molar-refractivity contribution in [2.24, 2.45) is 0 Å². The van der Waals surface area contributed by atoms with Crippen molar-refractivity contribution >= 4 is 32.9 Å². The van der Waals surface area contributed by atoms with Gasteiger partial charge in [-0.2, -0.15) is 0 Å². The second-order valence-corrected chi connectivity index (χ2v) is 7.40. The normalized spacial score (nSPS) is 14.3. The molecule has 0 spiro atoms. The molecule has 4 aromatic rings. The minimum absolute atomic E-state index is 1.23. The van der Waals surface area contributed by atoms with E-state index >= 15 is 0 Å². The van der Waals surface area contributed by atoms with Gasteiger partial charge in [0, 0.05) is 10.4 Å². The molecule has 0 N–H and O–H groups in total. The Labute approximate surface area is 140 Å². The summed E-state index contributed by atoms with van der Waals surface area (Å²) < 4.78 is 0. The highest BCUT2D eigenvalue weighted by atomic mass is 32.1. The van der Waals surface area contributed by atoms with Crippen molar-refractivity contribution in [2.75, 3.05) is 0 Å². The molecule has 3 aromatic carbocycles. The van der Waals surface area contributed by atoms with E-state index in [1.807, 2.05) is 11.3 Å². The summed E-state index contributed by atoms with van der Waals surface area (Å²) in [5.41, 5.74) is 4.59. The summed E-state index contributed by atoms with van der Waals surface area (Å²) in [4.78, 5) is 1.39. The zero-order valence-corrected chi connectivity index (χ0v) is 13.8. The van der Waals surface area contributed by atoms with Gasteiger partial charge in [-0.25, -0.2) is 0 Å². The molecule has 0 atom stereocenters. The zero-order chi connectivity index (χ0) is 15.2. The minimum atomic E-state index is 1.23. The number of benzene rings is 3. The van der Waals surface area contributed by atoms with E-state index in [4.69, 9.17) is 0 Å². The first kappa shape index (κ1) is 13.3. The van der Waals surface area contributed by atoms with Crippen molar-refractivity contribution in [1.29, 1.82) is 0 Å². The third-order valence-corrected chi connectivity index (χ3v) is 6.04. The van der Waals surface area contributed by atoms with E-state index in [0.29, 0.717) is 0 Å². The second-order valence-electron chi connectivity index (χ2n) is 6.46. The maximum absolute atomic E-state index is 2.40. The predicted molar refractivity (Wildman–Crippen MR) is 101 cm³/mol. The van der Waals surface area contributed by atoms with Crippen LogP contribution in [0, 0.1) is 0 Å². The van der Waals surface area contributed by atoms with Crippen LogP contribution in [0.4, 0.5) is 0 Å². The molecule has 0 nitrogen and oxygen atoms in total. The number of aryl methyl sites for hydroxylation is 2. The fourth-order valence-electron chi connectivity index (χ4n) is 4.08. The summed E-state index contributed by atoms with van der Waals surface area (Å²) >= 11 is 1.85. The zero-order valence-electron chi connectivity index (χ0n) is 13.0. The van der Waals surface area contributed by atoms with Crippen LogP contribution in [0.3, 0.4) is 0 Å². The Morgan fingerprint density at radius 3 is 2.61 bits per heavy atom. The predicted octanol–water partition coefficient (Wildman–Crippen LogP) is 6.60. The summed E-state index contributed by atoms with van der Waals surface area (Å²) in [6, 6.07) is 20.4. The molecule has 112 valence electrons. The molecular weight excluding hydrogens is 296 g/mol. The van der Waals surface area contributed by atoms with Gasteiger partial charge in [0.05, 0.1) is 0 Å². The Kier molecular flexibility index (Phi) is 3.02. The Balaban J connectivity index is 1.99. The number of rotatable bonds is 1. The Hall–Kier alpha value is -2.12. The second kappa shape index (κ2) is 5.21. The lowest BCUT2D eigenvalue weighted by atomic mass is 9.84. The first-order valence-corrected chi connectivity index (χ1v) is 9.30. The average Bonchev–Trinajstić information content (AvgIpc) is 3.15. The van der Waals surface area contributed by atoms with Crippen LogP contribution in [-0.2, 0) is 12.8 Å². The molecule has 0 aliphatic heterocycles. The van der Waals surface area contributed by atoms with Crippen molar-refractivity contribution < 1.29 is 0 Å². The Morgan fingerprint density at radius 2 is 1.70 bits per heavy atom. The highest BCUT2D eigenvalue weighted by Crippen LogP contribution is 2.41. The third kappa shape index (κ3) is 2.04. The van der Waals surface area contributed by atoms with E-state index < -0.39 is 0 Å². The molecule has 1 heterocycles.